The normalized spacial score (nSPS) is 9.59. The number of nitrogen functional groups attached to an aromatic ring is 3. The number of benzene rings is 2. The Bertz CT molecular complexity index is 4080. The number of carboxylic acids is 1. The molecule has 0 spiro atoms. The number of nitrogens with zero attached hydrogens (tertiary/aromatic N) is 9. The predicted molar refractivity (Wildman–Crippen MR) is 453 cm³/mol. The van der Waals surface area contributed by atoms with E-state index in [1.165, 1.54) is 69.0 Å². The average Bonchev–Trinajstić information content (AvgIpc) is 1.54. The number of aliphatic hydroxyl groups is 2. The second-order valence-corrected chi connectivity index (χ2v) is 31.6. The maximum atomic E-state index is 12.5. The van der Waals surface area contributed by atoms with Crippen LogP contribution in [0.15, 0.2) is 147 Å². The number of aliphatic hydroxyl groups excluding tert-OH is 2. The van der Waals surface area contributed by atoms with E-state index in [4.69, 9.17) is 100 Å². The zero-order chi connectivity index (χ0) is 80.5. The van der Waals surface area contributed by atoms with Crippen LogP contribution in [0.3, 0.4) is 0 Å². The molecule has 0 bridgehead atoms. The van der Waals surface area contributed by atoms with Crippen LogP contribution in [0.2, 0.25) is 0 Å². The van der Waals surface area contributed by atoms with Gasteiger partial charge in [-0.1, -0.05) is 138 Å². The molecule has 0 saturated carbocycles. The second-order valence-electron chi connectivity index (χ2n) is 21.9. The second kappa shape index (κ2) is 64.2. The van der Waals surface area contributed by atoms with Crippen LogP contribution in [0.25, 0.3) is 0 Å². The molecule has 0 aliphatic heterocycles. The summed E-state index contributed by atoms with van der Waals surface area (Å²) in [6.07, 6.45) is 13.2. The third kappa shape index (κ3) is 52.9. The minimum Gasteiger partial charge on any atom is -1.00 e. The summed E-state index contributed by atoms with van der Waals surface area (Å²) >= 11 is 22.3. The number of aromatic nitrogens is 7. The molecule has 3 amide bonds. The summed E-state index contributed by atoms with van der Waals surface area (Å²) in [7, 11) is 19.9. The summed E-state index contributed by atoms with van der Waals surface area (Å²) in [6.45, 7) is 27.4. The number of carboxylic acid groups (broad SMARTS) is 1. The third-order valence-corrected chi connectivity index (χ3v) is 17.8. The van der Waals surface area contributed by atoms with Crippen molar-refractivity contribution in [2.75, 3.05) is 54.0 Å². The van der Waals surface area contributed by atoms with E-state index in [0.29, 0.717) is 66.6 Å². The fourth-order valence-corrected chi connectivity index (χ4v) is 11.4. The average molecular weight is 1800 g/mol. The van der Waals surface area contributed by atoms with E-state index >= 15 is 0 Å². The van der Waals surface area contributed by atoms with Gasteiger partial charge in [0.1, 0.15) is 22.7 Å². The molecule has 561 valence electrons. The van der Waals surface area contributed by atoms with Crippen molar-refractivity contribution in [2.45, 2.75) is 115 Å². The van der Waals surface area contributed by atoms with Crippen molar-refractivity contribution in [3.63, 3.8) is 0 Å². The minimum atomic E-state index is -1.03. The number of rotatable bonds is 16. The molecule has 108 heavy (non-hydrogen) atoms. The molecule has 2 aromatic carbocycles. The monoisotopic (exact) mass is 1800 g/mol. The number of thiocyanates is 2. The number of alkyl halides is 2. The number of aromatic carboxylic acids is 1. The summed E-state index contributed by atoms with van der Waals surface area (Å²) in [5.74, 6) is 4.22. The molecule has 9 rings (SSSR count). The van der Waals surface area contributed by atoms with Gasteiger partial charge in [0, 0.05) is 111 Å². The van der Waals surface area contributed by atoms with E-state index in [0.717, 1.165) is 64.5 Å². The molecule has 7 heterocycles. The molecule has 0 aliphatic carbocycles. The van der Waals surface area contributed by atoms with Gasteiger partial charge in [0.05, 0.1) is 91.3 Å². The number of amides is 3. The molecular formula is C62H79B7Br2ClFKN15NaO10S8. The van der Waals surface area contributed by atoms with E-state index in [1.54, 1.807) is 110 Å². The Labute approximate surface area is 764 Å². The summed E-state index contributed by atoms with van der Waals surface area (Å²) in [4.78, 5) is 73.7. The van der Waals surface area contributed by atoms with Gasteiger partial charge in [0.2, 0.25) is 29.5 Å². The number of carbonyl (C=O) groups is 4. The first kappa shape index (κ1) is 112. The van der Waals surface area contributed by atoms with Gasteiger partial charge in [-0.25, -0.2) is 44.9 Å². The summed E-state index contributed by atoms with van der Waals surface area (Å²) in [5.41, 5.74) is 17.6. The molecule has 9 aromatic rings. The van der Waals surface area contributed by atoms with Crippen LogP contribution in [0.5, 0.6) is 0 Å². The zero-order valence-corrected chi connectivity index (χ0v) is 77.3. The SMILES string of the molecule is Br.C=CC(=O)Nc1cccc(C(=O)Nc2ncc(SCc3ncc(C(C)(C)C)o3)s2)c1.C=CC(=O)Nc1cccc(C(=O)O)c1.CC(C)(C)c1cnc(CCl)o1.CC(C)(C)c1cnc(CSc2cnc(N)s2)o1.CCO.CO.N#CSc1cnc(N)s1.N#C[S-].Nc1ncc(Br)s1.[2H]CF.[B].[B]B([B])B([B])[B].[H-].[K+].[Na+]. The van der Waals surface area contributed by atoms with Crippen LogP contribution in [0.4, 0.5) is 36.3 Å². The van der Waals surface area contributed by atoms with E-state index in [-0.39, 0.29) is 154 Å². The summed E-state index contributed by atoms with van der Waals surface area (Å²) < 4.78 is 36.2. The van der Waals surface area contributed by atoms with Crippen molar-refractivity contribution in [1.82, 2.24) is 34.9 Å². The van der Waals surface area contributed by atoms with E-state index in [9.17, 15) is 23.6 Å². The Balaban J connectivity index is -0.000000231. The van der Waals surface area contributed by atoms with Crippen LogP contribution in [0, 0.1) is 21.3 Å². The van der Waals surface area contributed by atoms with Crippen molar-refractivity contribution in [3.8, 4) is 10.8 Å². The number of nitrogens with one attached hydrogen (secondary N) is 3. The van der Waals surface area contributed by atoms with Gasteiger partial charge in [-0.2, -0.15) is 5.26 Å². The summed E-state index contributed by atoms with van der Waals surface area (Å²) in [5, 5.41) is 51.9. The molecule has 7 aromatic heterocycles. The number of hydrogen-bond acceptors (Lipinski definition) is 29. The quantitative estimate of drug-likeness (QED) is 0.0112. The molecule has 0 saturated heterocycles. The van der Waals surface area contributed by atoms with E-state index < -0.39 is 25.9 Å². The number of oxazole rings is 3. The van der Waals surface area contributed by atoms with Gasteiger partial charge in [-0.3, -0.25) is 24.1 Å². The van der Waals surface area contributed by atoms with E-state index in [1.807, 2.05) is 5.40 Å². The van der Waals surface area contributed by atoms with Crippen LogP contribution in [-0.4, -0.2) is 147 Å². The molecular weight excluding hydrogens is 1720 g/mol. The number of nitriles is 2. The Morgan fingerprint density at radius 3 is 1.35 bits per heavy atom. The molecule has 0 aliphatic rings. The number of halogens is 4. The van der Waals surface area contributed by atoms with Crippen molar-refractivity contribution < 1.29 is 136 Å². The Morgan fingerprint density at radius 2 is 1.05 bits per heavy atom. The van der Waals surface area contributed by atoms with Crippen LogP contribution in [0.1, 0.15) is 128 Å². The Morgan fingerprint density at radius 1 is 0.694 bits per heavy atom. The number of carbonyl (C=O) groups excluding carboxylic acids is 3. The first-order valence-electron chi connectivity index (χ1n) is 30.1. The smallest absolute Gasteiger partial charge is 1.00 e. The van der Waals surface area contributed by atoms with Crippen molar-refractivity contribution in [2.24, 2.45) is 0 Å². The first-order chi connectivity index (χ1) is 49.4. The van der Waals surface area contributed by atoms with Gasteiger partial charge < -0.3 is 70.5 Å². The topological polar surface area (TPSA) is 420 Å². The number of thioether (sulfide) groups is 3. The molecule has 46 heteroatoms. The molecule has 12 N–H and O–H groups in total. The van der Waals surface area contributed by atoms with Crippen molar-refractivity contribution in [3.05, 3.63) is 167 Å². The number of nitrogens with two attached hydrogens (primary N) is 3. The van der Waals surface area contributed by atoms with Gasteiger partial charge in [0.25, 0.3) is 5.91 Å². The minimum absolute atomic E-state index is 0. The van der Waals surface area contributed by atoms with Gasteiger partial charge in [-0.05, 0) is 71.4 Å². The van der Waals surface area contributed by atoms with Crippen LogP contribution >= 0.6 is 125 Å². The predicted octanol–water partition coefficient (Wildman–Crippen LogP) is 7.65. The van der Waals surface area contributed by atoms with Gasteiger partial charge in [-0.15, -0.1) is 52.1 Å². The van der Waals surface area contributed by atoms with Gasteiger partial charge in [0.15, 0.2) is 20.5 Å². The molecule has 0 unspecified atom stereocenters. The van der Waals surface area contributed by atoms with E-state index in [2.05, 4.69) is 155 Å². The first-order valence-corrected chi connectivity index (χ1v) is 37.2. The number of anilines is 6. The summed E-state index contributed by atoms with van der Waals surface area (Å²) in [6, 6.07) is 12.6. The maximum Gasteiger partial charge on any atom is 1.00 e. The maximum absolute atomic E-state index is 12.5. The number of hydrogen-bond donors (Lipinski definition) is 9. The fourth-order valence-electron chi connectivity index (χ4n) is 5.81. The zero-order valence-electron chi connectivity index (χ0n) is 63.6. The van der Waals surface area contributed by atoms with Crippen LogP contribution in [-0.2, 0) is 55.8 Å². The molecule has 0 atom stereocenters. The van der Waals surface area contributed by atoms with Gasteiger partial charge >= 0.3 is 86.9 Å². The Hall–Kier alpha value is -4.21. The third-order valence-electron chi connectivity index (χ3n) is 10.6. The fraction of sp³-hybridized carbons (Fsp3) is 0.306. The van der Waals surface area contributed by atoms with Crippen LogP contribution < -0.4 is 114 Å². The standard InChI is InChI=1S/C21H22N4O3S2.C11H15N3OS2.C10H9NO3.C8H12ClNO.C4H3N3S2.C3H3BrN2S.C2H6O.CH3F.CHNS.CH4O.B6.B.BrH.K.Na.H/c1-5-16(26)24-14-8-6-7-13(9-14)19(27)25-20-23-11-18(30-20)29-12-17-22-10-15(28-17)21(2,3)4;1-11(2,3)7-4-13-8(15-7)6-16-9-5-14-10(12)17-9;1-2-9(12)11-8-5-3-4-7(6-8)10(13)14;1-8(2,3)6-5-10-7(4-9)11-6;5-2-8-3-1-7-4(6)9-3;4-2-1-6-3(5)7-2;1-2-3;1-2;2-1-3;1-2;1-5(2)6(3)4;;;;;/h5-11H,1,12H2,2-4H3,(H,24,26)(H,23,25,27);4-5H,6H2,1-3H3,(H2,12,14);2-6H,1H2,(H,11,12)(H,13,14);5H,4H2,1-3H3;1H,(H2,6,7);1H,(H2,5,6);3H,2H2,1H3;1H3;3H;2H,1H3;;;1H;;;/q;;;;;;;;;;;;;2*+1;-1/p-1/i;;;;;;;1D;;;;;;;;. The Kier molecular flexibility index (Phi) is 66.8. The van der Waals surface area contributed by atoms with Crippen molar-refractivity contribution >= 4 is 245 Å². The molecule has 11 radical (unpaired) electrons. The molecule has 0 fully saturated rings. The number of thiazole rings is 4. The van der Waals surface area contributed by atoms with Crippen molar-refractivity contribution in [1.29, 1.82) is 10.5 Å². The largest absolute Gasteiger partial charge is 1.00 e. The molecule has 25 nitrogen and oxygen atoms in total.